The van der Waals surface area contributed by atoms with Crippen molar-refractivity contribution < 1.29 is 19.1 Å². The van der Waals surface area contributed by atoms with Gasteiger partial charge in [0.2, 0.25) is 0 Å². The summed E-state index contributed by atoms with van der Waals surface area (Å²) >= 11 is 1.44. The summed E-state index contributed by atoms with van der Waals surface area (Å²) in [4.78, 5) is 28.5. The summed E-state index contributed by atoms with van der Waals surface area (Å²) in [5.74, 6) is 0.659. The quantitative estimate of drug-likeness (QED) is 0.600. The van der Waals surface area contributed by atoms with Crippen LogP contribution in [0.4, 0.5) is 0 Å². The molecule has 0 N–H and O–H groups in total. The minimum absolute atomic E-state index is 0.175. The molecule has 0 radical (unpaired) electrons. The number of nitrogens with zero attached hydrogens (tertiary/aromatic N) is 1. The molecule has 5 nitrogen and oxygen atoms in total. The van der Waals surface area contributed by atoms with E-state index in [0.29, 0.717) is 22.0 Å². The van der Waals surface area contributed by atoms with Gasteiger partial charge >= 0.3 is 0 Å². The van der Waals surface area contributed by atoms with Gasteiger partial charge in [-0.25, -0.2) is 0 Å². The third kappa shape index (κ3) is 4.24. The average Bonchev–Trinajstić information content (AvgIpc) is 2.92. The van der Waals surface area contributed by atoms with Gasteiger partial charge in [0.1, 0.15) is 0 Å². The summed E-state index contributed by atoms with van der Waals surface area (Å²) in [5.41, 5.74) is 4.22. The average molecular weight is 426 g/mol. The molecule has 3 rings (SSSR count). The molecule has 0 saturated carbocycles. The van der Waals surface area contributed by atoms with Crippen LogP contribution >= 0.6 is 11.8 Å². The van der Waals surface area contributed by atoms with Gasteiger partial charge in [-0.1, -0.05) is 43.7 Å². The molecule has 2 amide bonds. The molecule has 0 bridgehead atoms. The van der Waals surface area contributed by atoms with Gasteiger partial charge in [0, 0.05) is 5.25 Å². The Morgan fingerprint density at radius 3 is 2.23 bits per heavy atom. The fourth-order valence-electron chi connectivity index (χ4n) is 3.54. The fraction of sp³-hybridized carbons (Fsp3) is 0.333. The Morgan fingerprint density at radius 1 is 0.933 bits per heavy atom. The summed E-state index contributed by atoms with van der Waals surface area (Å²) in [5, 5.41) is 0.179. The van der Waals surface area contributed by atoms with Crippen molar-refractivity contribution in [3.05, 3.63) is 63.6 Å². The second kappa shape index (κ2) is 8.96. The van der Waals surface area contributed by atoms with E-state index < -0.39 is 0 Å². The fourth-order valence-corrected chi connectivity index (χ4v) is 4.53. The number of carbonyl (C=O) groups excluding carboxylic acids is 2. The highest BCUT2D eigenvalue weighted by Crippen LogP contribution is 2.40. The number of benzene rings is 2. The van der Waals surface area contributed by atoms with Gasteiger partial charge in [-0.05, 0) is 42.7 Å². The molecule has 30 heavy (non-hydrogen) atoms. The molecule has 6 heteroatoms. The predicted octanol–water partition coefficient (Wildman–Crippen LogP) is 4.74. The summed E-state index contributed by atoms with van der Waals surface area (Å²) < 4.78 is 10.6. The van der Waals surface area contributed by atoms with E-state index >= 15 is 0 Å². The minimum Gasteiger partial charge on any atom is -0.493 e. The third-order valence-electron chi connectivity index (χ3n) is 4.92. The number of methoxy groups -OCH3 is 2. The molecule has 2 aromatic rings. The zero-order valence-corrected chi connectivity index (χ0v) is 19.1. The maximum atomic E-state index is 13.4. The smallest absolute Gasteiger partial charge is 0.268 e. The zero-order valence-electron chi connectivity index (χ0n) is 18.2. The van der Waals surface area contributed by atoms with E-state index in [1.165, 1.54) is 16.7 Å². The van der Waals surface area contributed by atoms with Crippen LogP contribution in [0.1, 0.15) is 36.1 Å². The molecule has 0 spiro atoms. The summed E-state index contributed by atoms with van der Waals surface area (Å²) in [7, 11) is 3.13. The van der Waals surface area contributed by atoms with Gasteiger partial charge in [-0.15, -0.1) is 11.8 Å². The highest BCUT2D eigenvalue weighted by Gasteiger charge is 2.40. The standard InChI is InChI=1S/C24H27NO4S/c1-14(2)30-22-21(18-9-7-15(3)11-16(18)4)23(26)25(24(22)27)13-17-8-10-19(28-5)20(12-17)29-6/h7-12,14H,13H2,1-6H3. The SMILES string of the molecule is COc1ccc(CN2C(=O)C(SC(C)C)=C(c3ccc(C)cc3C)C2=O)cc1OC. The topological polar surface area (TPSA) is 55.8 Å². The van der Waals surface area contributed by atoms with E-state index in [9.17, 15) is 9.59 Å². The first-order chi connectivity index (χ1) is 14.3. The second-order valence-electron chi connectivity index (χ2n) is 7.57. The molecule has 1 heterocycles. The van der Waals surface area contributed by atoms with E-state index in [0.717, 1.165) is 22.3 Å². The first kappa shape index (κ1) is 22.0. The largest absolute Gasteiger partial charge is 0.493 e. The molecule has 0 aromatic heterocycles. The van der Waals surface area contributed by atoms with Crippen LogP contribution in [0, 0.1) is 13.8 Å². The van der Waals surface area contributed by atoms with Gasteiger partial charge in [0.25, 0.3) is 11.8 Å². The van der Waals surface area contributed by atoms with Crippen LogP contribution in [-0.2, 0) is 16.1 Å². The molecule has 1 aliphatic heterocycles. The Balaban J connectivity index is 2.00. The Hall–Kier alpha value is -2.73. The zero-order chi connectivity index (χ0) is 22.0. The maximum Gasteiger partial charge on any atom is 0.268 e. The molecule has 0 fully saturated rings. The molecular weight excluding hydrogens is 398 g/mol. The highest BCUT2D eigenvalue weighted by atomic mass is 32.2. The highest BCUT2D eigenvalue weighted by molar-refractivity contribution is 8.04. The Morgan fingerprint density at radius 2 is 1.63 bits per heavy atom. The lowest BCUT2D eigenvalue weighted by molar-refractivity contribution is -0.137. The van der Waals surface area contributed by atoms with Gasteiger partial charge in [-0.3, -0.25) is 14.5 Å². The number of carbonyl (C=O) groups is 2. The van der Waals surface area contributed by atoms with E-state index in [-0.39, 0.29) is 23.6 Å². The van der Waals surface area contributed by atoms with Crippen molar-refractivity contribution in [3.63, 3.8) is 0 Å². The first-order valence-electron chi connectivity index (χ1n) is 9.82. The number of thioether (sulfide) groups is 1. The molecule has 0 unspecified atom stereocenters. The molecule has 0 aliphatic carbocycles. The molecule has 0 atom stereocenters. The van der Waals surface area contributed by atoms with Crippen molar-refractivity contribution >= 4 is 29.1 Å². The Labute approximate surface area is 182 Å². The second-order valence-corrected chi connectivity index (χ2v) is 9.16. The molecular formula is C24H27NO4S. The first-order valence-corrected chi connectivity index (χ1v) is 10.7. The van der Waals surface area contributed by atoms with Gasteiger partial charge in [0.15, 0.2) is 11.5 Å². The number of imide groups is 1. The van der Waals surface area contributed by atoms with Gasteiger partial charge < -0.3 is 9.47 Å². The van der Waals surface area contributed by atoms with E-state index in [2.05, 4.69) is 0 Å². The summed E-state index contributed by atoms with van der Waals surface area (Å²) in [6.45, 7) is 8.20. The lowest BCUT2D eigenvalue weighted by atomic mass is 9.99. The number of hydrogen-bond acceptors (Lipinski definition) is 5. The van der Waals surface area contributed by atoms with Gasteiger partial charge in [0.05, 0.1) is 31.2 Å². The van der Waals surface area contributed by atoms with Crippen LogP contribution in [0.5, 0.6) is 11.5 Å². The van der Waals surface area contributed by atoms with Crippen molar-refractivity contribution in [2.75, 3.05) is 14.2 Å². The number of hydrogen-bond donors (Lipinski definition) is 0. The number of amides is 2. The molecule has 0 saturated heterocycles. The van der Waals surface area contributed by atoms with Crippen LogP contribution in [0.15, 0.2) is 41.3 Å². The Kier molecular flexibility index (Phi) is 6.56. The monoisotopic (exact) mass is 425 g/mol. The van der Waals surface area contributed by atoms with Crippen molar-refractivity contribution in [3.8, 4) is 11.5 Å². The predicted molar refractivity (Wildman–Crippen MR) is 121 cm³/mol. The van der Waals surface area contributed by atoms with Crippen LogP contribution in [0.25, 0.3) is 5.57 Å². The number of rotatable bonds is 7. The van der Waals surface area contributed by atoms with Crippen LogP contribution < -0.4 is 9.47 Å². The van der Waals surface area contributed by atoms with Crippen molar-refractivity contribution in [1.82, 2.24) is 4.90 Å². The molecule has 158 valence electrons. The van der Waals surface area contributed by atoms with Crippen LogP contribution in [-0.4, -0.2) is 36.2 Å². The van der Waals surface area contributed by atoms with Crippen molar-refractivity contribution in [2.45, 2.75) is 39.5 Å². The number of ether oxygens (including phenoxy) is 2. The van der Waals surface area contributed by atoms with Gasteiger partial charge in [-0.2, -0.15) is 0 Å². The maximum absolute atomic E-state index is 13.4. The van der Waals surface area contributed by atoms with Crippen molar-refractivity contribution in [2.24, 2.45) is 0 Å². The van der Waals surface area contributed by atoms with E-state index in [1.54, 1.807) is 26.4 Å². The number of aryl methyl sites for hydroxylation is 2. The van der Waals surface area contributed by atoms with E-state index in [1.807, 2.05) is 52.0 Å². The van der Waals surface area contributed by atoms with E-state index in [4.69, 9.17) is 9.47 Å². The minimum atomic E-state index is -0.259. The molecule has 2 aromatic carbocycles. The molecule has 1 aliphatic rings. The summed E-state index contributed by atoms with van der Waals surface area (Å²) in [6.07, 6.45) is 0. The third-order valence-corrected chi connectivity index (χ3v) is 6.00. The lowest BCUT2D eigenvalue weighted by Crippen LogP contribution is -2.31. The van der Waals surface area contributed by atoms with Crippen LogP contribution in [0.3, 0.4) is 0 Å². The normalized spacial score (nSPS) is 14.2. The van der Waals surface area contributed by atoms with Crippen molar-refractivity contribution in [1.29, 1.82) is 0 Å². The Bertz CT molecular complexity index is 1030. The van der Waals surface area contributed by atoms with Crippen LogP contribution in [0.2, 0.25) is 0 Å². The summed E-state index contributed by atoms with van der Waals surface area (Å²) in [6, 6.07) is 11.4. The lowest BCUT2D eigenvalue weighted by Gasteiger charge is -2.17.